The third-order valence-corrected chi connectivity index (χ3v) is 3.42. The van der Waals surface area contributed by atoms with Gasteiger partial charge >= 0.3 is 0 Å². The molecule has 0 heterocycles. The lowest BCUT2D eigenvalue weighted by Gasteiger charge is -2.26. The fourth-order valence-corrected chi connectivity index (χ4v) is 2.69. The molecular weight excluding hydrogens is 289 g/mol. The van der Waals surface area contributed by atoms with Crippen LogP contribution in [0.4, 0.5) is 5.69 Å². The van der Waals surface area contributed by atoms with Crippen molar-refractivity contribution in [2.24, 2.45) is 0 Å². The highest BCUT2D eigenvalue weighted by atomic mass is 35.6. The van der Waals surface area contributed by atoms with Crippen LogP contribution in [0.3, 0.4) is 0 Å². The molecule has 0 aliphatic carbocycles. The zero-order valence-corrected chi connectivity index (χ0v) is 11.8. The van der Waals surface area contributed by atoms with Crippen molar-refractivity contribution in [2.75, 3.05) is 5.73 Å². The quantitative estimate of drug-likeness (QED) is 0.627. The number of hydrogen-bond donors (Lipinski definition) is 1. The summed E-state index contributed by atoms with van der Waals surface area (Å²) < 4.78 is -1.45. The van der Waals surface area contributed by atoms with E-state index in [-0.39, 0.29) is 5.92 Å². The third-order valence-electron chi connectivity index (χ3n) is 2.77. The van der Waals surface area contributed by atoms with E-state index in [1.165, 1.54) is 0 Å². The van der Waals surface area contributed by atoms with E-state index in [1.54, 1.807) is 0 Å². The van der Waals surface area contributed by atoms with E-state index in [0.29, 0.717) is 5.69 Å². The van der Waals surface area contributed by atoms with Crippen molar-refractivity contribution in [1.82, 2.24) is 0 Å². The maximum absolute atomic E-state index is 6.12. The van der Waals surface area contributed by atoms with Gasteiger partial charge in [0.1, 0.15) is 0 Å². The first-order valence-electron chi connectivity index (χ1n) is 5.46. The van der Waals surface area contributed by atoms with Gasteiger partial charge in [0, 0.05) is 5.69 Å². The van der Waals surface area contributed by atoms with E-state index in [4.69, 9.17) is 40.5 Å². The second-order valence-corrected chi connectivity index (χ2v) is 6.38. The molecule has 4 heteroatoms. The van der Waals surface area contributed by atoms with E-state index in [1.807, 2.05) is 54.6 Å². The van der Waals surface area contributed by atoms with Crippen molar-refractivity contribution >= 4 is 40.5 Å². The number of halogens is 3. The number of nitrogen functional groups attached to an aromatic ring is 1. The largest absolute Gasteiger partial charge is 0.398 e. The van der Waals surface area contributed by atoms with Gasteiger partial charge in [0.15, 0.2) is 0 Å². The molecule has 0 radical (unpaired) electrons. The number of para-hydroxylation sites is 1. The van der Waals surface area contributed by atoms with Crippen LogP contribution in [0.25, 0.3) is 0 Å². The Morgan fingerprint density at radius 2 is 1.39 bits per heavy atom. The second-order valence-electron chi connectivity index (χ2n) is 4.01. The van der Waals surface area contributed by atoms with Crippen LogP contribution in [0.2, 0.25) is 0 Å². The summed E-state index contributed by atoms with van der Waals surface area (Å²) in [4.78, 5) is 0. The van der Waals surface area contributed by atoms with Gasteiger partial charge in [-0.1, -0.05) is 83.3 Å². The molecule has 0 amide bonds. The Hall–Kier alpha value is -0.890. The van der Waals surface area contributed by atoms with Crippen LogP contribution >= 0.6 is 34.8 Å². The van der Waals surface area contributed by atoms with Gasteiger partial charge in [-0.2, -0.15) is 0 Å². The lowest BCUT2D eigenvalue weighted by molar-refractivity contribution is 0.842. The van der Waals surface area contributed by atoms with Gasteiger partial charge in [0.2, 0.25) is 3.79 Å². The first-order valence-corrected chi connectivity index (χ1v) is 6.59. The summed E-state index contributed by atoms with van der Waals surface area (Å²) in [5.74, 6) is -0.384. The molecule has 0 aromatic heterocycles. The van der Waals surface area contributed by atoms with E-state index in [0.717, 1.165) is 11.1 Å². The summed E-state index contributed by atoms with van der Waals surface area (Å²) in [6, 6.07) is 17.1. The molecule has 2 rings (SSSR count). The predicted octanol–water partition coefficient (Wildman–Crippen LogP) is 4.77. The molecule has 0 saturated carbocycles. The van der Waals surface area contributed by atoms with Gasteiger partial charge in [-0.3, -0.25) is 0 Å². The minimum atomic E-state index is -1.45. The smallest absolute Gasteiger partial charge is 0.201 e. The van der Waals surface area contributed by atoms with Gasteiger partial charge in [0.25, 0.3) is 0 Å². The monoisotopic (exact) mass is 299 g/mol. The Labute approximate surface area is 121 Å². The number of alkyl halides is 3. The van der Waals surface area contributed by atoms with E-state index in [9.17, 15) is 0 Å². The number of hydrogen-bond acceptors (Lipinski definition) is 1. The molecule has 2 aromatic carbocycles. The standard InChI is InChI=1S/C14H12Cl3N/c15-14(16,17)13(10-6-2-1-3-7-10)11-8-4-5-9-12(11)18/h1-9,13H,18H2. The summed E-state index contributed by atoms with van der Waals surface area (Å²) in [5, 5.41) is 0. The Kier molecular flexibility index (Phi) is 4.06. The van der Waals surface area contributed by atoms with E-state index in [2.05, 4.69) is 0 Å². The molecule has 2 N–H and O–H groups in total. The zero-order valence-electron chi connectivity index (χ0n) is 9.48. The molecular formula is C14H12Cl3N. The number of benzene rings is 2. The maximum atomic E-state index is 6.12. The molecule has 0 saturated heterocycles. The predicted molar refractivity (Wildman–Crippen MR) is 79.4 cm³/mol. The molecule has 94 valence electrons. The van der Waals surface area contributed by atoms with Crippen LogP contribution in [-0.4, -0.2) is 3.79 Å². The Bertz CT molecular complexity index is 520. The van der Waals surface area contributed by atoms with E-state index < -0.39 is 3.79 Å². The summed E-state index contributed by atoms with van der Waals surface area (Å²) >= 11 is 18.3. The van der Waals surface area contributed by atoms with Crippen molar-refractivity contribution in [3.05, 3.63) is 65.7 Å². The molecule has 1 atom stereocenters. The lowest BCUT2D eigenvalue weighted by atomic mass is 9.91. The highest BCUT2D eigenvalue weighted by molar-refractivity contribution is 6.68. The first kappa shape index (κ1) is 13.5. The highest BCUT2D eigenvalue weighted by Crippen LogP contribution is 2.46. The van der Waals surface area contributed by atoms with Crippen LogP contribution in [-0.2, 0) is 0 Å². The van der Waals surface area contributed by atoms with Gasteiger partial charge < -0.3 is 5.73 Å². The van der Waals surface area contributed by atoms with Crippen molar-refractivity contribution in [1.29, 1.82) is 0 Å². The van der Waals surface area contributed by atoms with Gasteiger partial charge in [-0.25, -0.2) is 0 Å². The summed E-state index contributed by atoms with van der Waals surface area (Å²) in [5.41, 5.74) is 8.35. The molecule has 2 aromatic rings. The topological polar surface area (TPSA) is 26.0 Å². The van der Waals surface area contributed by atoms with Crippen molar-refractivity contribution in [3.8, 4) is 0 Å². The van der Waals surface area contributed by atoms with Gasteiger partial charge in [-0.15, -0.1) is 0 Å². The molecule has 0 aliphatic heterocycles. The van der Waals surface area contributed by atoms with Crippen molar-refractivity contribution in [3.63, 3.8) is 0 Å². The maximum Gasteiger partial charge on any atom is 0.201 e. The van der Waals surface area contributed by atoms with Crippen LogP contribution in [0.5, 0.6) is 0 Å². The third kappa shape index (κ3) is 2.92. The van der Waals surface area contributed by atoms with Crippen LogP contribution < -0.4 is 5.73 Å². The van der Waals surface area contributed by atoms with Crippen molar-refractivity contribution < 1.29 is 0 Å². The van der Waals surface area contributed by atoms with E-state index >= 15 is 0 Å². The van der Waals surface area contributed by atoms with Crippen LogP contribution in [0, 0.1) is 0 Å². The number of rotatable bonds is 2. The molecule has 0 spiro atoms. The molecule has 18 heavy (non-hydrogen) atoms. The molecule has 0 aliphatic rings. The molecule has 0 fully saturated rings. The molecule has 1 unspecified atom stereocenters. The van der Waals surface area contributed by atoms with Gasteiger partial charge in [0.05, 0.1) is 5.92 Å². The first-order chi connectivity index (χ1) is 8.50. The van der Waals surface area contributed by atoms with Crippen molar-refractivity contribution in [2.45, 2.75) is 9.71 Å². The Balaban J connectivity index is 2.55. The summed E-state index contributed by atoms with van der Waals surface area (Å²) in [6.07, 6.45) is 0. The number of anilines is 1. The summed E-state index contributed by atoms with van der Waals surface area (Å²) in [6.45, 7) is 0. The number of nitrogens with two attached hydrogens (primary N) is 1. The highest BCUT2D eigenvalue weighted by Gasteiger charge is 2.36. The SMILES string of the molecule is Nc1ccccc1C(c1ccccc1)C(Cl)(Cl)Cl. The Morgan fingerprint density at radius 3 is 1.94 bits per heavy atom. The Morgan fingerprint density at radius 1 is 0.833 bits per heavy atom. The molecule has 0 bridgehead atoms. The fourth-order valence-electron chi connectivity index (χ4n) is 1.96. The van der Waals surface area contributed by atoms with Gasteiger partial charge in [-0.05, 0) is 17.2 Å². The average molecular weight is 301 g/mol. The average Bonchev–Trinajstić information content (AvgIpc) is 2.32. The summed E-state index contributed by atoms with van der Waals surface area (Å²) in [7, 11) is 0. The van der Waals surface area contributed by atoms with Crippen LogP contribution in [0.15, 0.2) is 54.6 Å². The second kappa shape index (κ2) is 5.40. The fraction of sp³-hybridized carbons (Fsp3) is 0.143. The lowest BCUT2D eigenvalue weighted by Crippen LogP contribution is -2.19. The zero-order chi connectivity index (χ0) is 13.2. The minimum absolute atomic E-state index is 0.384. The van der Waals surface area contributed by atoms with Crippen LogP contribution in [0.1, 0.15) is 17.0 Å². The molecule has 1 nitrogen and oxygen atoms in total. The normalized spacial score (nSPS) is 13.3. The minimum Gasteiger partial charge on any atom is -0.398 e.